The second-order valence-electron chi connectivity index (χ2n) is 7.80. The third-order valence-corrected chi connectivity index (χ3v) is 5.08. The number of carbonyl (C=O) groups is 4. The molecular weight excluding hydrogens is 448 g/mol. The highest BCUT2D eigenvalue weighted by atomic mass is 16.6. The van der Waals surface area contributed by atoms with Gasteiger partial charge in [-0.25, -0.2) is 9.59 Å². The zero-order chi connectivity index (χ0) is 25.7. The molecule has 0 aliphatic carbocycles. The highest BCUT2D eigenvalue weighted by Gasteiger charge is 2.43. The van der Waals surface area contributed by atoms with E-state index in [0.29, 0.717) is 0 Å². The SMILES string of the molecule is O=C(CCCCC(O)(CO)C(=O)OC(=O)C(O)(CO)CCCCC(=O)C(O)CO)C(O)CO. The van der Waals surface area contributed by atoms with Gasteiger partial charge < -0.3 is 45.6 Å². The van der Waals surface area contributed by atoms with Crippen LogP contribution in [0.3, 0.4) is 0 Å². The molecule has 8 N–H and O–H groups in total. The maximum absolute atomic E-state index is 12.2. The monoisotopic (exact) mass is 482 g/mol. The Hall–Kier alpha value is -1.84. The van der Waals surface area contributed by atoms with Gasteiger partial charge in [0.2, 0.25) is 0 Å². The van der Waals surface area contributed by atoms with Crippen LogP contribution in [-0.4, -0.2) is 114 Å². The first-order valence-corrected chi connectivity index (χ1v) is 10.5. The molecule has 13 heteroatoms. The zero-order valence-corrected chi connectivity index (χ0v) is 18.3. The van der Waals surface area contributed by atoms with Crippen LogP contribution < -0.4 is 0 Å². The molecule has 0 fully saturated rings. The maximum atomic E-state index is 12.2. The Labute approximate surface area is 190 Å². The van der Waals surface area contributed by atoms with E-state index in [9.17, 15) is 49.8 Å². The molecule has 0 aliphatic heterocycles. The highest BCUT2D eigenvalue weighted by molar-refractivity contribution is 5.94. The predicted octanol–water partition coefficient (Wildman–Crippen LogP) is -3.53. The first kappa shape index (κ1) is 31.2. The average molecular weight is 482 g/mol. The highest BCUT2D eigenvalue weighted by Crippen LogP contribution is 2.21. The molecule has 0 aromatic rings. The molecule has 0 bridgehead atoms. The summed E-state index contributed by atoms with van der Waals surface area (Å²) in [7, 11) is 0. The van der Waals surface area contributed by atoms with Crippen LogP contribution in [0.5, 0.6) is 0 Å². The van der Waals surface area contributed by atoms with Crippen molar-refractivity contribution < 1.29 is 64.8 Å². The second-order valence-corrected chi connectivity index (χ2v) is 7.80. The topological polar surface area (TPSA) is 239 Å². The molecule has 0 spiro atoms. The summed E-state index contributed by atoms with van der Waals surface area (Å²) < 4.78 is 4.45. The minimum Gasteiger partial charge on any atom is -0.393 e. The van der Waals surface area contributed by atoms with Crippen molar-refractivity contribution in [1.29, 1.82) is 0 Å². The Morgan fingerprint density at radius 1 is 0.636 bits per heavy atom. The lowest BCUT2D eigenvalue weighted by Crippen LogP contribution is -2.50. The van der Waals surface area contributed by atoms with Gasteiger partial charge in [-0.15, -0.1) is 0 Å². The van der Waals surface area contributed by atoms with Crippen molar-refractivity contribution in [3.63, 3.8) is 0 Å². The van der Waals surface area contributed by atoms with Gasteiger partial charge in [0.1, 0.15) is 12.2 Å². The molecule has 0 rings (SSSR count). The number of ketones is 2. The van der Waals surface area contributed by atoms with Crippen molar-refractivity contribution in [2.24, 2.45) is 0 Å². The van der Waals surface area contributed by atoms with Gasteiger partial charge in [0, 0.05) is 12.8 Å². The maximum Gasteiger partial charge on any atom is 0.348 e. The quantitative estimate of drug-likeness (QED) is 0.0537. The molecule has 0 radical (unpaired) electrons. The second kappa shape index (κ2) is 15.1. The van der Waals surface area contributed by atoms with Gasteiger partial charge in [-0.3, -0.25) is 9.59 Å². The van der Waals surface area contributed by atoms with Crippen LogP contribution in [-0.2, 0) is 23.9 Å². The van der Waals surface area contributed by atoms with Crippen molar-refractivity contribution in [2.45, 2.75) is 74.8 Å². The molecule has 0 saturated heterocycles. The van der Waals surface area contributed by atoms with E-state index in [2.05, 4.69) is 4.74 Å². The predicted molar refractivity (Wildman–Crippen MR) is 108 cm³/mol. The lowest BCUT2D eigenvalue weighted by atomic mass is 9.94. The molecule has 0 aliphatic rings. The van der Waals surface area contributed by atoms with Gasteiger partial charge in [0.05, 0.1) is 26.4 Å². The van der Waals surface area contributed by atoms with Crippen molar-refractivity contribution in [2.75, 3.05) is 26.4 Å². The Kier molecular flexibility index (Phi) is 14.3. The number of unbranched alkanes of at least 4 members (excludes halogenated alkanes) is 2. The van der Waals surface area contributed by atoms with E-state index in [0.717, 1.165) is 0 Å². The number of rotatable bonds is 18. The smallest absolute Gasteiger partial charge is 0.348 e. The minimum absolute atomic E-state index is 0.00221. The molecule has 0 saturated carbocycles. The molecule has 0 heterocycles. The van der Waals surface area contributed by atoms with E-state index < -0.39 is 86.2 Å². The lowest BCUT2D eigenvalue weighted by molar-refractivity contribution is -0.190. The Morgan fingerprint density at radius 3 is 1.24 bits per heavy atom. The van der Waals surface area contributed by atoms with Crippen LogP contribution in [0.25, 0.3) is 0 Å². The molecule has 33 heavy (non-hydrogen) atoms. The first-order valence-electron chi connectivity index (χ1n) is 10.5. The van der Waals surface area contributed by atoms with Gasteiger partial charge in [-0.1, -0.05) is 0 Å². The zero-order valence-electron chi connectivity index (χ0n) is 18.3. The third kappa shape index (κ3) is 10.3. The number of esters is 2. The van der Waals surface area contributed by atoms with Gasteiger partial charge in [-0.05, 0) is 38.5 Å². The standard InChI is InChI=1S/C20H34O13/c21-9-15(27)13(25)5-1-3-7-19(31,11-23)17(29)33-18(30)20(32,12-24)8-4-2-6-14(26)16(28)10-22/h15-16,21-24,27-28,31-32H,1-12H2. The number of Topliss-reactive ketones (excluding diaryl/α,β-unsaturated/α-hetero) is 2. The van der Waals surface area contributed by atoms with Crippen molar-refractivity contribution in [3.05, 3.63) is 0 Å². The fraction of sp³-hybridized carbons (Fsp3) is 0.800. The van der Waals surface area contributed by atoms with Crippen LogP contribution in [0.2, 0.25) is 0 Å². The first-order chi connectivity index (χ1) is 15.4. The van der Waals surface area contributed by atoms with Gasteiger partial charge in [0.25, 0.3) is 0 Å². The summed E-state index contributed by atoms with van der Waals surface area (Å²) >= 11 is 0. The molecular formula is C20H34O13. The van der Waals surface area contributed by atoms with E-state index >= 15 is 0 Å². The normalized spacial score (nSPS) is 16.8. The van der Waals surface area contributed by atoms with E-state index in [4.69, 9.17) is 10.2 Å². The van der Waals surface area contributed by atoms with Crippen LogP contribution in [0, 0.1) is 0 Å². The number of carbonyl (C=O) groups excluding carboxylic acids is 4. The minimum atomic E-state index is -2.53. The van der Waals surface area contributed by atoms with Crippen LogP contribution in [0.15, 0.2) is 0 Å². The number of ether oxygens (including phenoxy) is 1. The largest absolute Gasteiger partial charge is 0.393 e. The molecule has 4 unspecified atom stereocenters. The molecule has 192 valence electrons. The number of aliphatic hydroxyl groups excluding tert-OH is 6. The molecule has 4 atom stereocenters. The van der Waals surface area contributed by atoms with Gasteiger partial charge in [-0.2, -0.15) is 0 Å². The van der Waals surface area contributed by atoms with E-state index in [1.54, 1.807) is 0 Å². The van der Waals surface area contributed by atoms with Crippen molar-refractivity contribution in [3.8, 4) is 0 Å². The van der Waals surface area contributed by atoms with Crippen molar-refractivity contribution in [1.82, 2.24) is 0 Å². The summed E-state index contributed by atoms with van der Waals surface area (Å²) in [4.78, 5) is 47.3. The molecule has 13 nitrogen and oxygen atoms in total. The van der Waals surface area contributed by atoms with E-state index in [-0.39, 0.29) is 38.5 Å². The number of hydrogen-bond acceptors (Lipinski definition) is 13. The Morgan fingerprint density at radius 2 is 0.970 bits per heavy atom. The summed E-state index contributed by atoms with van der Waals surface area (Å²) in [6.45, 7) is -3.77. The van der Waals surface area contributed by atoms with Crippen LogP contribution >= 0.6 is 0 Å². The fourth-order valence-corrected chi connectivity index (χ4v) is 2.74. The molecule has 0 aromatic heterocycles. The summed E-state index contributed by atoms with van der Waals surface area (Å²) in [5.41, 5.74) is -5.06. The third-order valence-electron chi connectivity index (χ3n) is 5.08. The summed E-state index contributed by atoms with van der Waals surface area (Å²) in [5.74, 6) is -4.46. The lowest BCUT2D eigenvalue weighted by Gasteiger charge is -2.27. The Balaban J connectivity index is 4.76. The van der Waals surface area contributed by atoms with E-state index in [1.807, 2.05) is 0 Å². The number of aliphatic hydroxyl groups is 8. The van der Waals surface area contributed by atoms with Crippen molar-refractivity contribution >= 4 is 23.5 Å². The van der Waals surface area contributed by atoms with Gasteiger partial charge >= 0.3 is 11.9 Å². The summed E-state index contributed by atoms with van der Waals surface area (Å²) in [6.07, 6.45) is -4.09. The Bertz CT molecular complexity index is 598. The van der Waals surface area contributed by atoms with Crippen LogP contribution in [0.4, 0.5) is 0 Å². The van der Waals surface area contributed by atoms with E-state index in [1.165, 1.54) is 0 Å². The fourth-order valence-electron chi connectivity index (χ4n) is 2.74. The summed E-state index contributed by atoms with van der Waals surface area (Å²) in [5, 5.41) is 75.0. The number of hydrogen-bond donors (Lipinski definition) is 8. The van der Waals surface area contributed by atoms with Crippen LogP contribution in [0.1, 0.15) is 51.4 Å². The molecule has 0 amide bonds. The summed E-state index contributed by atoms with van der Waals surface area (Å²) in [6, 6.07) is 0. The van der Waals surface area contributed by atoms with Gasteiger partial charge in [0.15, 0.2) is 22.8 Å². The average Bonchev–Trinajstić information content (AvgIpc) is 2.82. The molecule has 0 aromatic carbocycles.